The smallest absolute Gasteiger partial charge is 0.261 e. The van der Waals surface area contributed by atoms with Gasteiger partial charge in [-0.1, -0.05) is 24.3 Å². The maximum atomic E-state index is 12.9. The van der Waals surface area contributed by atoms with Gasteiger partial charge in [-0.2, -0.15) is 0 Å². The van der Waals surface area contributed by atoms with E-state index in [0.717, 1.165) is 11.1 Å². The van der Waals surface area contributed by atoms with E-state index in [2.05, 4.69) is 5.32 Å². The summed E-state index contributed by atoms with van der Waals surface area (Å²) in [6.45, 7) is 4.08. The van der Waals surface area contributed by atoms with Gasteiger partial charge in [-0.3, -0.25) is 4.79 Å². The number of carbonyl (C=O) groups excluding carboxylic acids is 1. The summed E-state index contributed by atoms with van der Waals surface area (Å²) in [6.07, 6.45) is -0.595. The molecule has 1 atom stereocenters. The lowest BCUT2D eigenvalue weighted by molar-refractivity contribution is -0.127. The molecule has 0 bridgehead atoms. The molecule has 28 heavy (non-hydrogen) atoms. The summed E-state index contributed by atoms with van der Waals surface area (Å²) in [5, 5.41) is 2.86. The molecule has 0 aliphatic carbocycles. The minimum absolute atomic E-state index is 0.187. The van der Waals surface area contributed by atoms with Crippen LogP contribution in [0.2, 0.25) is 0 Å². The number of carbonyl (C=O) groups is 1. The Bertz CT molecular complexity index is 923. The topological polar surface area (TPSA) is 47.6 Å². The number of rotatable bonds is 7. The van der Waals surface area contributed by atoms with Crippen LogP contribution in [0.3, 0.4) is 0 Å². The molecule has 3 aromatic carbocycles. The van der Waals surface area contributed by atoms with Crippen LogP contribution in [0.1, 0.15) is 18.1 Å². The number of halogens is 1. The van der Waals surface area contributed by atoms with E-state index in [1.165, 1.54) is 12.1 Å². The lowest BCUT2D eigenvalue weighted by atomic mass is 10.2. The van der Waals surface area contributed by atoms with E-state index < -0.39 is 6.10 Å². The molecular weight excluding hydrogens is 357 g/mol. The normalized spacial score (nSPS) is 11.5. The third-order valence-electron chi connectivity index (χ3n) is 4.11. The number of hydrogen-bond acceptors (Lipinski definition) is 3. The molecule has 0 aliphatic heterocycles. The maximum Gasteiger partial charge on any atom is 0.261 e. The molecule has 1 amide bonds. The van der Waals surface area contributed by atoms with Crippen LogP contribution in [0, 0.1) is 12.7 Å². The Hall–Kier alpha value is -3.34. The van der Waals surface area contributed by atoms with E-state index in [1.807, 2.05) is 43.3 Å². The fraction of sp³-hybridized carbons (Fsp3) is 0.174. The summed E-state index contributed by atoms with van der Waals surface area (Å²) < 4.78 is 24.3. The summed E-state index contributed by atoms with van der Waals surface area (Å²) >= 11 is 0. The zero-order valence-corrected chi connectivity index (χ0v) is 15.8. The molecule has 0 saturated carbocycles. The number of hydrogen-bond donors (Lipinski definition) is 1. The van der Waals surface area contributed by atoms with Crippen LogP contribution in [0.15, 0.2) is 72.8 Å². The quantitative estimate of drug-likeness (QED) is 0.628. The Morgan fingerprint density at radius 3 is 2.25 bits per heavy atom. The van der Waals surface area contributed by atoms with Crippen LogP contribution >= 0.6 is 0 Å². The molecule has 1 N–H and O–H groups in total. The molecule has 4 nitrogen and oxygen atoms in total. The fourth-order valence-electron chi connectivity index (χ4n) is 2.59. The van der Waals surface area contributed by atoms with E-state index in [-0.39, 0.29) is 11.7 Å². The molecular formula is C23H22FNO3. The van der Waals surface area contributed by atoms with Crippen LogP contribution in [0.4, 0.5) is 4.39 Å². The Labute approximate surface area is 163 Å². The first-order valence-corrected chi connectivity index (χ1v) is 9.03. The zero-order chi connectivity index (χ0) is 19.9. The van der Waals surface area contributed by atoms with Crippen LogP contribution in [-0.2, 0) is 11.3 Å². The van der Waals surface area contributed by atoms with Crippen molar-refractivity contribution in [3.8, 4) is 17.2 Å². The van der Waals surface area contributed by atoms with Crippen molar-refractivity contribution in [3.05, 3.63) is 89.7 Å². The van der Waals surface area contributed by atoms with Crippen LogP contribution in [0.5, 0.6) is 17.2 Å². The molecule has 0 aliphatic rings. The largest absolute Gasteiger partial charge is 0.481 e. The number of ether oxygens (including phenoxy) is 2. The molecule has 0 heterocycles. The van der Waals surface area contributed by atoms with Gasteiger partial charge in [0.25, 0.3) is 5.91 Å². The highest BCUT2D eigenvalue weighted by Gasteiger charge is 2.14. The van der Waals surface area contributed by atoms with Gasteiger partial charge < -0.3 is 14.8 Å². The lowest BCUT2D eigenvalue weighted by Crippen LogP contribution is -2.35. The Balaban J connectivity index is 1.49. The van der Waals surface area contributed by atoms with E-state index in [1.54, 1.807) is 31.2 Å². The van der Waals surface area contributed by atoms with E-state index in [4.69, 9.17) is 9.47 Å². The minimum Gasteiger partial charge on any atom is -0.481 e. The molecule has 1 unspecified atom stereocenters. The molecule has 5 heteroatoms. The van der Waals surface area contributed by atoms with E-state index >= 15 is 0 Å². The molecule has 0 spiro atoms. The molecule has 3 aromatic rings. The average Bonchev–Trinajstić information content (AvgIpc) is 2.69. The second-order valence-corrected chi connectivity index (χ2v) is 6.49. The van der Waals surface area contributed by atoms with Gasteiger partial charge in [0.2, 0.25) is 0 Å². The molecule has 144 valence electrons. The highest BCUT2D eigenvalue weighted by Crippen LogP contribution is 2.22. The SMILES string of the molecule is Cc1cccc(OC(C)C(=O)NCc2ccc(Oc3ccc(F)cc3)cc2)c1. The minimum atomic E-state index is -0.595. The summed E-state index contributed by atoms with van der Waals surface area (Å²) in [5.74, 6) is 1.37. The van der Waals surface area contributed by atoms with Crippen LogP contribution < -0.4 is 14.8 Å². The summed E-state index contributed by atoms with van der Waals surface area (Å²) in [4.78, 5) is 12.2. The zero-order valence-electron chi connectivity index (χ0n) is 15.8. The number of aryl methyl sites for hydroxylation is 1. The predicted octanol–water partition coefficient (Wildman–Crippen LogP) is 5.01. The van der Waals surface area contributed by atoms with Crippen molar-refractivity contribution in [3.63, 3.8) is 0 Å². The molecule has 0 saturated heterocycles. The molecule has 3 rings (SSSR count). The van der Waals surface area contributed by atoms with Gasteiger partial charge in [-0.15, -0.1) is 0 Å². The fourth-order valence-corrected chi connectivity index (χ4v) is 2.59. The van der Waals surface area contributed by atoms with Gasteiger partial charge in [0.05, 0.1) is 0 Å². The van der Waals surface area contributed by atoms with Crippen molar-refractivity contribution in [1.29, 1.82) is 0 Å². The number of amides is 1. The third-order valence-corrected chi connectivity index (χ3v) is 4.11. The van der Waals surface area contributed by atoms with Gasteiger partial charge in [0, 0.05) is 6.54 Å². The number of benzene rings is 3. The maximum absolute atomic E-state index is 12.9. The Morgan fingerprint density at radius 2 is 1.61 bits per heavy atom. The van der Waals surface area contributed by atoms with Crippen molar-refractivity contribution in [2.45, 2.75) is 26.5 Å². The second-order valence-electron chi connectivity index (χ2n) is 6.49. The van der Waals surface area contributed by atoms with Crippen molar-refractivity contribution >= 4 is 5.91 Å². The first kappa shape index (κ1) is 19.4. The Morgan fingerprint density at radius 1 is 0.964 bits per heavy atom. The van der Waals surface area contributed by atoms with Crippen LogP contribution in [0.25, 0.3) is 0 Å². The average molecular weight is 379 g/mol. The molecule has 0 aromatic heterocycles. The van der Waals surface area contributed by atoms with Gasteiger partial charge >= 0.3 is 0 Å². The van der Waals surface area contributed by atoms with Gasteiger partial charge in [0.15, 0.2) is 6.10 Å². The molecule has 0 fully saturated rings. The van der Waals surface area contributed by atoms with Crippen molar-refractivity contribution in [2.75, 3.05) is 0 Å². The third kappa shape index (κ3) is 5.58. The lowest BCUT2D eigenvalue weighted by Gasteiger charge is -2.15. The van der Waals surface area contributed by atoms with Crippen molar-refractivity contribution < 1.29 is 18.7 Å². The first-order valence-electron chi connectivity index (χ1n) is 9.03. The highest BCUT2D eigenvalue weighted by atomic mass is 19.1. The first-order chi connectivity index (χ1) is 13.5. The summed E-state index contributed by atoms with van der Waals surface area (Å²) in [6, 6.07) is 20.8. The van der Waals surface area contributed by atoms with Crippen LogP contribution in [-0.4, -0.2) is 12.0 Å². The Kier molecular flexibility index (Phi) is 6.27. The monoisotopic (exact) mass is 379 g/mol. The van der Waals surface area contributed by atoms with Gasteiger partial charge in [-0.05, 0) is 73.5 Å². The second kappa shape index (κ2) is 9.04. The number of nitrogens with one attached hydrogen (secondary N) is 1. The van der Waals surface area contributed by atoms with Crippen molar-refractivity contribution in [2.24, 2.45) is 0 Å². The van der Waals surface area contributed by atoms with Gasteiger partial charge in [-0.25, -0.2) is 4.39 Å². The predicted molar refractivity (Wildman–Crippen MR) is 106 cm³/mol. The molecule has 0 radical (unpaired) electrons. The summed E-state index contributed by atoms with van der Waals surface area (Å²) in [7, 11) is 0. The standard InChI is InChI=1S/C23H22FNO3/c1-16-4-3-5-22(14-16)27-17(2)23(26)25-15-18-6-10-20(11-7-18)28-21-12-8-19(24)9-13-21/h3-14,17H,15H2,1-2H3,(H,25,26). The van der Waals surface area contributed by atoms with Crippen molar-refractivity contribution in [1.82, 2.24) is 5.32 Å². The van der Waals surface area contributed by atoms with E-state index in [0.29, 0.717) is 23.8 Å². The van der Waals surface area contributed by atoms with Gasteiger partial charge in [0.1, 0.15) is 23.1 Å². The summed E-state index contributed by atoms with van der Waals surface area (Å²) in [5.41, 5.74) is 2.01. The highest BCUT2D eigenvalue weighted by molar-refractivity contribution is 5.80. The van der Waals surface area contributed by atoms with E-state index in [9.17, 15) is 9.18 Å².